The van der Waals surface area contributed by atoms with Crippen molar-refractivity contribution in [1.82, 2.24) is 19.7 Å². The van der Waals surface area contributed by atoms with E-state index in [-0.39, 0.29) is 5.95 Å². The third kappa shape index (κ3) is 3.11. The largest absolute Gasteiger partial charge is 0.385 e. The molecule has 0 aliphatic carbocycles. The van der Waals surface area contributed by atoms with E-state index in [0.29, 0.717) is 36.8 Å². The van der Waals surface area contributed by atoms with Gasteiger partial charge >= 0.3 is 0 Å². The Morgan fingerprint density at radius 3 is 2.50 bits per heavy atom. The zero-order chi connectivity index (χ0) is 18.1. The zero-order valence-corrected chi connectivity index (χ0v) is 14.8. The molecule has 0 atom stereocenters. The topological polar surface area (TPSA) is 93.1 Å². The minimum atomic E-state index is -0.932. The summed E-state index contributed by atoms with van der Waals surface area (Å²) in [4.78, 5) is 10.7. The van der Waals surface area contributed by atoms with E-state index in [1.807, 2.05) is 36.4 Å². The van der Waals surface area contributed by atoms with Crippen LogP contribution in [-0.4, -0.2) is 37.9 Å². The lowest BCUT2D eigenvalue weighted by Gasteiger charge is -2.39. The van der Waals surface area contributed by atoms with Crippen molar-refractivity contribution in [2.75, 3.05) is 23.7 Å². The summed E-state index contributed by atoms with van der Waals surface area (Å²) in [6, 6.07) is 11.1. The summed E-state index contributed by atoms with van der Waals surface area (Å²) in [7, 11) is 0. The molecule has 0 radical (unpaired) electrons. The Kier molecular flexibility index (Phi) is 4.26. The highest BCUT2D eigenvalue weighted by Crippen LogP contribution is 2.37. The average molecular weight is 371 g/mol. The maximum atomic E-state index is 11.1. The number of aromatic nitrogens is 4. The first-order valence-corrected chi connectivity index (χ1v) is 8.80. The van der Waals surface area contributed by atoms with Gasteiger partial charge in [-0.1, -0.05) is 29.8 Å². The van der Waals surface area contributed by atoms with Crippen LogP contribution in [0.4, 0.5) is 11.8 Å². The molecule has 1 aliphatic heterocycles. The van der Waals surface area contributed by atoms with E-state index in [0.717, 1.165) is 11.4 Å². The molecule has 7 nitrogen and oxygen atoms in total. The summed E-state index contributed by atoms with van der Waals surface area (Å²) in [6.45, 7) is 1.27. The summed E-state index contributed by atoms with van der Waals surface area (Å²) < 4.78 is 1.64. The van der Waals surface area contributed by atoms with Gasteiger partial charge in [-0.15, -0.1) is 0 Å². The minimum Gasteiger partial charge on any atom is -0.385 e. The molecule has 1 aromatic carbocycles. The molecule has 2 aromatic heterocycles. The number of anilines is 2. The second kappa shape index (κ2) is 6.59. The van der Waals surface area contributed by atoms with Gasteiger partial charge in [0.05, 0.1) is 5.60 Å². The first kappa shape index (κ1) is 16.8. The van der Waals surface area contributed by atoms with Crippen LogP contribution in [0.5, 0.6) is 0 Å². The first-order chi connectivity index (χ1) is 12.5. The molecule has 1 saturated heterocycles. The fourth-order valence-electron chi connectivity index (χ4n) is 3.34. The monoisotopic (exact) mass is 370 g/mol. The molecule has 0 unspecified atom stereocenters. The Labute approximate surface area is 156 Å². The van der Waals surface area contributed by atoms with Gasteiger partial charge in [-0.2, -0.15) is 15.1 Å². The second-order valence-electron chi connectivity index (χ2n) is 6.39. The molecule has 1 fully saturated rings. The van der Waals surface area contributed by atoms with Crippen LogP contribution in [0.25, 0.3) is 5.82 Å². The van der Waals surface area contributed by atoms with E-state index in [9.17, 15) is 5.11 Å². The Hall–Kier alpha value is -2.64. The molecule has 3 heterocycles. The molecule has 134 valence electrons. The quantitative estimate of drug-likeness (QED) is 0.735. The Morgan fingerprint density at radius 2 is 1.81 bits per heavy atom. The van der Waals surface area contributed by atoms with Crippen LogP contribution in [0.1, 0.15) is 18.4 Å². The van der Waals surface area contributed by atoms with Gasteiger partial charge in [0.25, 0.3) is 0 Å². The molecule has 26 heavy (non-hydrogen) atoms. The number of nitrogen functional groups attached to an aromatic ring is 1. The van der Waals surface area contributed by atoms with E-state index in [1.54, 1.807) is 17.1 Å². The minimum absolute atomic E-state index is 0.194. The Bertz CT molecular complexity index is 906. The van der Waals surface area contributed by atoms with Crippen LogP contribution in [0.15, 0.2) is 48.8 Å². The van der Waals surface area contributed by atoms with E-state index < -0.39 is 5.60 Å². The highest BCUT2D eigenvalue weighted by atomic mass is 35.5. The number of piperidine rings is 1. The van der Waals surface area contributed by atoms with Crippen LogP contribution in [0, 0.1) is 0 Å². The molecule has 0 spiro atoms. The normalized spacial score (nSPS) is 16.6. The SMILES string of the molecule is Nc1nc(N2CCC(O)(c3ccccc3Cl)CC2)cc(-n2cccn2)n1. The Balaban J connectivity index is 1.56. The standard InChI is InChI=1S/C18H19ClN6O/c19-14-5-2-1-4-13(14)18(26)6-10-24(11-7-18)15-12-16(23-17(20)22-15)25-9-3-8-21-25/h1-5,8-9,12,26H,6-7,10-11H2,(H2,20,22,23). The van der Waals surface area contributed by atoms with Crippen molar-refractivity contribution < 1.29 is 5.11 Å². The lowest BCUT2D eigenvalue weighted by Crippen LogP contribution is -2.43. The third-order valence-electron chi connectivity index (χ3n) is 4.75. The lowest BCUT2D eigenvalue weighted by molar-refractivity contribution is 0.0118. The fourth-order valence-corrected chi connectivity index (χ4v) is 3.65. The van der Waals surface area contributed by atoms with Gasteiger partial charge in [0.15, 0.2) is 5.82 Å². The smallest absolute Gasteiger partial charge is 0.224 e. The summed E-state index contributed by atoms with van der Waals surface area (Å²) in [6.07, 6.45) is 4.59. The van der Waals surface area contributed by atoms with Crippen molar-refractivity contribution in [3.05, 3.63) is 59.4 Å². The van der Waals surface area contributed by atoms with Gasteiger partial charge in [0.1, 0.15) is 5.82 Å². The van der Waals surface area contributed by atoms with Crippen LogP contribution < -0.4 is 10.6 Å². The van der Waals surface area contributed by atoms with Gasteiger partial charge in [0, 0.05) is 42.1 Å². The van der Waals surface area contributed by atoms with Crippen molar-refractivity contribution in [1.29, 1.82) is 0 Å². The predicted molar refractivity (Wildman–Crippen MR) is 100 cm³/mol. The predicted octanol–water partition coefficient (Wildman–Crippen LogP) is 2.39. The van der Waals surface area contributed by atoms with E-state index in [4.69, 9.17) is 17.3 Å². The summed E-state index contributed by atoms with van der Waals surface area (Å²) in [5.41, 5.74) is 5.73. The van der Waals surface area contributed by atoms with Crippen molar-refractivity contribution in [3.63, 3.8) is 0 Å². The van der Waals surface area contributed by atoms with Crippen LogP contribution in [0.3, 0.4) is 0 Å². The van der Waals surface area contributed by atoms with Gasteiger partial charge < -0.3 is 15.7 Å². The highest BCUT2D eigenvalue weighted by molar-refractivity contribution is 6.31. The number of aliphatic hydroxyl groups is 1. The van der Waals surface area contributed by atoms with Gasteiger partial charge in [-0.3, -0.25) is 0 Å². The highest BCUT2D eigenvalue weighted by Gasteiger charge is 2.36. The van der Waals surface area contributed by atoms with Crippen LogP contribution in [-0.2, 0) is 5.60 Å². The van der Waals surface area contributed by atoms with Crippen molar-refractivity contribution >= 4 is 23.4 Å². The number of nitrogens with zero attached hydrogens (tertiary/aromatic N) is 5. The van der Waals surface area contributed by atoms with Gasteiger partial charge in [-0.05, 0) is 25.0 Å². The molecule has 8 heteroatoms. The first-order valence-electron chi connectivity index (χ1n) is 8.42. The van der Waals surface area contributed by atoms with Gasteiger partial charge in [0.2, 0.25) is 5.95 Å². The molecular formula is C18H19ClN6O. The van der Waals surface area contributed by atoms with E-state index in [1.165, 1.54) is 0 Å². The second-order valence-corrected chi connectivity index (χ2v) is 6.80. The zero-order valence-electron chi connectivity index (χ0n) is 14.1. The summed E-state index contributed by atoms with van der Waals surface area (Å²) in [5, 5.41) is 15.8. The molecule has 1 aliphatic rings. The molecule has 3 N–H and O–H groups in total. The number of benzene rings is 1. The summed E-state index contributed by atoms with van der Waals surface area (Å²) >= 11 is 6.28. The Morgan fingerprint density at radius 1 is 1.08 bits per heavy atom. The number of hydrogen-bond donors (Lipinski definition) is 2. The molecule has 0 amide bonds. The number of halogens is 1. The maximum Gasteiger partial charge on any atom is 0.224 e. The summed E-state index contributed by atoms with van der Waals surface area (Å²) in [5.74, 6) is 1.54. The third-order valence-corrected chi connectivity index (χ3v) is 5.07. The maximum absolute atomic E-state index is 11.1. The van der Waals surface area contributed by atoms with Crippen molar-refractivity contribution in [2.45, 2.75) is 18.4 Å². The molecular weight excluding hydrogens is 352 g/mol. The molecule has 0 saturated carbocycles. The lowest BCUT2D eigenvalue weighted by atomic mass is 9.84. The number of nitrogens with two attached hydrogens (primary N) is 1. The molecule has 3 aromatic rings. The fraction of sp³-hybridized carbons (Fsp3) is 0.278. The van der Waals surface area contributed by atoms with Crippen molar-refractivity contribution in [2.24, 2.45) is 0 Å². The number of hydrogen-bond acceptors (Lipinski definition) is 6. The number of rotatable bonds is 3. The van der Waals surface area contributed by atoms with Gasteiger partial charge in [-0.25, -0.2) is 4.68 Å². The van der Waals surface area contributed by atoms with E-state index in [2.05, 4.69) is 20.0 Å². The van der Waals surface area contributed by atoms with Crippen LogP contribution >= 0.6 is 11.6 Å². The van der Waals surface area contributed by atoms with Crippen molar-refractivity contribution in [3.8, 4) is 5.82 Å². The van der Waals surface area contributed by atoms with E-state index >= 15 is 0 Å². The average Bonchev–Trinajstić information content (AvgIpc) is 3.17. The molecule has 4 rings (SSSR count). The molecule has 0 bridgehead atoms. The van der Waals surface area contributed by atoms with Crippen LogP contribution in [0.2, 0.25) is 5.02 Å².